The van der Waals surface area contributed by atoms with Crippen LogP contribution in [0.15, 0.2) is 23.1 Å². The van der Waals surface area contributed by atoms with E-state index in [4.69, 9.17) is 11.6 Å². The van der Waals surface area contributed by atoms with Gasteiger partial charge in [-0.3, -0.25) is 4.79 Å². The number of hydrogen-bond donors (Lipinski definition) is 1. The lowest BCUT2D eigenvalue weighted by atomic mass is 10.1. The summed E-state index contributed by atoms with van der Waals surface area (Å²) in [6, 6.07) is 5.72. The van der Waals surface area contributed by atoms with Gasteiger partial charge in [-0.05, 0) is 17.2 Å². The molecule has 1 aromatic carbocycles. The van der Waals surface area contributed by atoms with Crippen molar-refractivity contribution in [3.05, 3.63) is 29.3 Å². The van der Waals surface area contributed by atoms with Gasteiger partial charge in [-0.1, -0.05) is 28.1 Å². The zero-order valence-corrected chi connectivity index (χ0v) is 10.7. The average molecular weight is 294 g/mol. The molecule has 0 aliphatic heterocycles. The molecule has 0 bridgehead atoms. The third-order valence-corrected chi connectivity index (χ3v) is 3.19. The molecule has 0 unspecified atom stereocenters. The van der Waals surface area contributed by atoms with E-state index in [0.29, 0.717) is 17.6 Å². The van der Waals surface area contributed by atoms with E-state index in [-0.39, 0.29) is 5.78 Å². The molecule has 0 atom stereocenters. The van der Waals surface area contributed by atoms with Gasteiger partial charge in [-0.15, -0.1) is 24.2 Å². The maximum Gasteiger partial charge on any atom is 0.147 e. The van der Waals surface area contributed by atoms with Crippen molar-refractivity contribution < 1.29 is 4.79 Å². The first-order valence-corrected chi connectivity index (χ1v) is 6.22. The maximum absolute atomic E-state index is 11.2. The lowest BCUT2D eigenvalue weighted by Gasteiger charge is -2.04. The average Bonchev–Trinajstić information content (AvgIpc) is 2.20. The smallest absolute Gasteiger partial charge is 0.147 e. The minimum absolute atomic E-state index is 0.152. The fourth-order valence-corrected chi connectivity index (χ4v) is 1.79. The largest absolute Gasteiger partial charge is 0.298 e. The van der Waals surface area contributed by atoms with Crippen LogP contribution in [0, 0.1) is 0 Å². The molecule has 0 spiro atoms. The van der Waals surface area contributed by atoms with E-state index in [9.17, 15) is 4.79 Å². The van der Waals surface area contributed by atoms with Gasteiger partial charge in [0.15, 0.2) is 0 Å². The van der Waals surface area contributed by atoms with Crippen molar-refractivity contribution in [3.63, 3.8) is 0 Å². The monoisotopic (exact) mass is 292 g/mol. The van der Waals surface area contributed by atoms with Gasteiger partial charge in [0.25, 0.3) is 0 Å². The molecule has 0 saturated carbocycles. The van der Waals surface area contributed by atoms with Gasteiger partial charge in [0.2, 0.25) is 0 Å². The summed E-state index contributed by atoms with van der Waals surface area (Å²) in [7, 11) is 0. The van der Waals surface area contributed by atoms with Crippen molar-refractivity contribution in [1.29, 1.82) is 0 Å². The maximum atomic E-state index is 11.2. The number of carbonyl (C=O) groups is 1. The van der Waals surface area contributed by atoms with Gasteiger partial charge in [-0.25, -0.2) is 0 Å². The Morgan fingerprint density at radius 1 is 1.50 bits per heavy atom. The van der Waals surface area contributed by atoms with Crippen LogP contribution in [-0.2, 0) is 17.1 Å². The first-order chi connectivity index (χ1) is 6.67. The van der Waals surface area contributed by atoms with Crippen molar-refractivity contribution in [2.24, 2.45) is 0 Å². The molecule has 1 nitrogen and oxygen atoms in total. The Bertz CT molecular complexity index is 341. The summed E-state index contributed by atoms with van der Waals surface area (Å²) in [4.78, 5) is 12.0. The zero-order valence-electron chi connectivity index (χ0n) is 7.46. The molecule has 14 heavy (non-hydrogen) atoms. The molecule has 0 aliphatic carbocycles. The van der Waals surface area contributed by atoms with Gasteiger partial charge in [0, 0.05) is 17.2 Å². The topological polar surface area (TPSA) is 17.1 Å². The third kappa shape index (κ3) is 3.30. The van der Waals surface area contributed by atoms with Crippen LogP contribution in [0.4, 0.5) is 0 Å². The van der Waals surface area contributed by atoms with Gasteiger partial charge < -0.3 is 0 Å². The molecule has 1 aromatic rings. The van der Waals surface area contributed by atoms with E-state index in [1.807, 2.05) is 18.2 Å². The van der Waals surface area contributed by atoms with E-state index in [1.165, 1.54) is 0 Å². The SMILES string of the molecule is O=C(CBr)Cc1ccc(CCl)cc1S. The van der Waals surface area contributed by atoms with Gasteiger partial charge in [-0.2, -0.15) is 0 Å². The fraction of sp³-hybridized carbons (Fsp3) is 0.300. The summed E-state index contributed by atoms with van der Waals surface area (Å²) >= 11 is 13.1. The highest BCUT2D eigenvalue weighted by molar-refractivity contribution is 9.09. The van der Waals surface area contributed by atoms with Crippen LogP contribution in [0.25, 0.3) is 0 Å². The van der Waals surface area contributed by atoms with Crippen LogP contribution in [-0.4, -0.2) is 11.1 Å². The lowest BCUT2D eigenvalue weighted by molar-refractivity contribution is -0.115. The second kappa shape index (κ2) is 5.79. The molecule has 0 fully saturated rings. The molecule has 1 rings (SSSR count). The summed E-state index contributed by atoms with van der Waals surface area (Å²) in [5.41, 5.74) is 1.97. The molecule has 0 radical (unpaired) electrons. The van der Waals surface area contributed by atoms with Crippen LogP contribution in [0.2, 0.25) is 0 Å². The third-order valence-electron chi connectivity index (χ3n) is 1.84. The summed E-state index contributed by atoms with van der Waals surface area (Å²) in [5, 5.41) is 0.386. The van der Waals surface area contributed by atoms with Crippen LogP contribution in [0.5, 0.6) is 0 Å². The molecule has 0 heterocycles. The highest BCUT2D eigenvalue weighted by Crippen LogP contribution is 2.18. The summed E-state index contributed by atoms with van der Waals surface area (Å²) in [6.07, 6.45) is 0.423. The Hall–Kier alpha value is 0.01000. The normalized spacial score (nSPS) is 10.2. The van der Waals surface area contributed by atoms with Gasteiger partial charge in [0.1, 0.15) is 5.78 Å². The van der Waals surface area contributed by atoms with Crippen LogP contribution in [0.1, 0.15) is 11.1 Å². The number of thiol groups is 1. The Kier molecular flexibility index (Phi) is 4.99. The molecule has 0 N–H and O–H groups in total. The second-order valence-corrected chi connectivity index (χ2v) is 4.26. The summed E-state index contributed by atoms with van der Waals surface area (Å²) in [5.74, 6) is 0.624. The number of ketones is 1. The highest BCUT2D eigenvalue weighted by atomic mass is 79.9. The quantitative estimate of drug-likeness (QED) is 0.666. The Morgan fingerprint density at radius 3 is 2.71 bits per heavy atom. The van der Waals surface area contributed by atoms with Gasteiger partial charge in [0.05, 0.1) is 5.33 Å². The van der Waals surface area contributed by atoms with Crippen molar-refractivity contribution >= 4 is 45.9 Å². The number of Topliss-reactive ketones (excluding diaryl/α,β-unsaturated/α-hetero) is 1. The molecule has 0 amide bonds. The van der Waals surface area contributed by atoms with Crippen molar-refractivity contribution in [2.75, 3.05) is 5.33 Å². The molecule has 76 valence electrons. The van der Waals surface area contributed by atoms with Crippen LogP contribution >= 0.6 is 40.2 Å². The number of alkyl halides is 2. The number of rotatable bonds is 4. The molecule has 4 heteroatoms. The van der Waals surface area contributed by atoms with Crippen LogP contribution in [0.3, 0.4) is 0 Å². The predicted molar refractivity (Wildman–Crippen MR) is 65.8 cm³/mol. The number of carbonyl (C=O) groups excluding carboxylic acids is 1. The number of hydrogen-bond acceptors (Lipinski definition) is 2. The molecule has 0 aromatic heterocycles. The van der Waals surface area contributed by atoms with Crippen molar-refractivity contribution in [2.45, 2.75) is 17.2 Å². The Labute approximate surface area is 102 Å². The lowest BCUT2D eigenvalue weighted by Crippen LogP contribution is -2.04. The van der Waals surface area contributed by atoms with E-state index in [1.54, 1.807) is 0 Å². The molecule has 0 aliphatic rings. The van der Waals surface area contributed by atoms with E-state index >= 15 is 0 Å². The van der Waals surface area contributed by atoms with Crippen molar-refractivity contribution in [3.8, 4) is 0 Å². The fourth-order valence-electron chi connectivity index (χ4n) is 1.10. The number of halogens is 2. The first kappa shape index (κ1) is 12.1. The predicted octanol–water partition coefficient (Wildman–Crippen LogP) is 3.22. The summed E-state index contributed by atoms with van der Waals surface area (Å²) in [6.45, 7) is 0. The first-order valence-electron chi connectivity index (χ1n) is 4.11. The standard InChI is InChI=1S/C10H10BrClOS/c11-5-9(13)4-8-2-1-7(6-12)3-10(8)14/h1-3,14H,4-6H2. The van der Waals surface area contributed by atoms with Gasteiger partial charge >= 0.3 is 0 Å². The summed E-state index contributed by atoms with van der Waals surface area (Å²) < 4.78 is 0. The Morgan fingerprint density at radius 2 is 2.21 bits per heavy atom. The molecular formula is C10H10BrClOS. The van der Waals surface area contributed by atoms with Crippen LogP contribution < -0.4 is 0 Å². The van der Waals surface area contributed by atoms with E-state index in [2.05, 4.69) is 28.6 Å². The Balaban J connectivity index is 2.83. The highest BCUT2D eigenvalue weighted by Gasteiger charge is 2.05. The zero-order chi connectivity index (χ0) is 10.6. The van der Waals surface area contributed by atoms with Crippen molar-refractivity contribution in [1.82, 2.24) is 0 Å². The second-order valence-electron chi connectivity index (χ2n) is 2.95. The minimum atomic E-state index is 0.152. The van der Waals surface area contributed by atoms with E-state index < -0.39 is 0 Å². The molecule has 0 saturated heterocycles. The number of benzene rings is 1. The van der Waals surface area contributed by atoms with E-state index in [0.717, 1.165) is 16.0 Å². The molecular weight excluding hydrogens is 284 g/mol. The minimum Gasteiger partial charge on any atom is -0.298 e.